The fourth-order valence-electron chi connectivity index (χ4n) is 5.71. The van der Waals surface area contributed by atoms with E-state index in [0.29, 0.717) is 48.9 Å². The van der Waals surface area contributed by atoms with Gasteiger partial charge in [0.25, 0.3) is 0 Å². The monoisotopic (exact) mass is 532 g/mol. The number of carbonyl (C=O) groups excluding carboxylic acids is 1. The van der Waals surface area contributed by atoms with Crippen LogP contribution >= 0.6 is 0 Å². The number of methoxy groups -OCH3 is 1. The molecule has 9 heteroatoms. The number of piperidine rings is 1. The van der Waals surface area contributed by atoms with Crippen molar-refractivity contribution in [3.63, 3.8) is 0 Å². The average Bonchev–Trinajstić information content (AvgIpc) is 2.91. The number of nitrogens with zero attached hydrogens (tertiary/aromatic N) is 3. The van der Waals surface area contributed by atoms with Gasteiger partial charge in [0.1, 0.15) is 5.75 Å². The predicted octanol–water partition coefficient (Wildman–Crippen LogP) is 5.35. The Morgan fingerprint density at radius 3 is 2.47 bits per heavy atom. The van der Waals surface area contributed by atoms with E-state index in [1.807, 2.05) is 29.2 Å². The zero-order valence-corrected chi connectivity index (χ0v) is 22.5. The van der Waals surface area contributed by atoms with Crippen LogP contribution in [0.3, 0.4) is 0 Å². The molecule has 208 valence electrons. The molecular formula is C29H39F3N4O2. The van der Waals surface area contributed by atoms with E-state index in [0.717, 1.165) is 50.8 Å². The minimum Gasteiger partial charge on any atom is -0.497 e. The molecule has 38 heavy (non-hydrogen) atoms. The normalized spacial score (nSPS) is 21.5. The van der Waals surface area contributed by atoms with Gasteiger partial charge in [-0.3, -0.25) is 9.69 Å². The highest BCUT2D eigenvalue weighted by atomic mass is 19.4. The molecule has 0 saturated carbocycles. The third-order valence-corrected chi connectivity index (χ3v) is 7.87. The molecule has 2 heterocycles. The van der Waals surface area contributed by atoms with Gasteiger partial charge < -0.3 is 19.9 Å². The zero-order chi connectivity index (χ0) is 27.3. The highest BCUT2D eigenvalue weighted by Crippen LogP contribution is 2.33. The van der Waals surface area contributed by atoms with Crippen LogP contribution in [-0.2, 0) is 11.0 Å². The fourth-order valence-corrected chi connectivity index (χ4v) is 5.71. The summed E-state index contributed by atoms with van der Waals surface area (Å²) in [7, 11) is 1.60. The van der Waals surface area contributed by atoms with E-state index in [-0.39, 0.29) is 5.91 Å². The molecule has 0 radical (unpaired) electrons. The van der Waals surface area contributed by atoms with E-state index < -0.39 is 11.7 Å². The summed E-state index contributed by atoms with van der Waals surface area (Å²) in [5, 5.41) is 2.99. The lowest BCUT2D eigenvalue weighted by Crippen LogP contribution is -2.57. The maximum Gasteiger partial charge on any atom is 0.416 e. The second-order valence-electron chi connectivity index (χ2n) is 10.6. The second kappa shape index (κ2) is 12.4. The van der Waals surface area contributed by atoms with Crippen LogP contribution in [0.15, 0.2) is 48.5 Å². The van der Waals surface area contributed by atoms with Crippen LogP contribution in [0.5, 0.6) is 5.75 Å². The van der Waals surface area contributed by atoms with E-state index >= 15 is 0 Å². The van der Waals surface area contributed by atoms with Gasteiger partial charge >= 0.3 is 6.18 Å². The average molecular weight is 533 g/mol. The number of carbonyl (C=O) groups is 1. The molecule has 6 nitrogen and oxygen atoms in total. The van der Waals surface area contributed by atoms with Crippen molar-refractivity contribution in [2.45, 2.75) is 51.4 Å². The number of likely N-dealkylation sites (tertiary alicyclic amines) is 1. The van der Waals surface area contributed by atoms with Gasteiger partial charge in [0.2, 0.25) is 5.91 Å². The Labute approximate surface area is 223 Å². The Balaban J connectivity index is 1.36. The van der Waals surface area contributed by atoms with Crippen LogP contribution < -0.4 is 15.0 Å². The fraction of sp³-hybridized carbons (Fsp3) is 0.552. The quantitative estimate of drug-likeness (QED) is 0.497. The van der Waals surface area contributed by atoms with Crippen molar-refractivity contribution in [1.82, 2.24) is 9.80 Å². The maximum absolute atomic E-state index is 13.2. The Bertz CT molecular complexity index is 1070. The third-order valence-electron chi connectivity index (χ3n) is 7.87. The van der Waals surface area contributed by atoms with Crippen molar-refractivity contribution >= 4 is 17.3 Å². The number of hydrogen-bond acceptors (Lipinski definition) is 5. The van der Waals surface area contributed by atoms with Gasteiger partial charge in [0, 0.05) is 68.7 Å². The van der Waals surface area contributed by atoms with Gasteiger partial charge in [0.15, 0.2) is 0 Å². The van der Waals surface area contributed by atoms with Gasteiger partial charge in [-0.15, -0.1) is 0 Å². The molecule has 2 fully saturated rings. The lowest BCUT2D eigenvalue weighted by Gasteiger charge is -2.48. The first-order valence-electron chi connectivity index (χ1n) is 13.5. The molecule has 1 amide bonds. The lowest BCUT2D eigenvalue weighted by atomic mass is 9.86. The number of rotatable bonds is 8. The molecule has 2 aliphatic heterocycles. The summed E-state index contributed by atoms with van der Waals surface area (Å²) in [6, 6.07) is 13.8. The first-order chi connectivity index (χ1) is 18.1. The van der Waals surface area contributed by atoms with Crippen molar-refractivity contribution in [2.24, 2.45) is 5.92 Å². The topological polar surface area (TPSA) is 48.1 Å². The van der Waals surface area contributed by atoms with Crippen LogP contribution in [0.4, 0.5) is 24.5 Å². The number of nitrogens with one attached hydrogen (secondary N) is 1. The van der Waals surface area contributed by atoms with Gasteiger partial charge in [-0.1, -0.05) is 12.1 Å². The number of alkyl halides is 3. The van der Waals surface area contributed by atoms with Crippen LogP contribution in [-0.4, -0.2) is 74.2 Å². The molecule has 0 unspecified atom stereocenters. The van der Waals surface area contributed by atoms with Crippen molar-refractivity contribution in [3.8, 4) is 5.75 Å². The molecule has 2 aromatic rings. The van der Waals surface area contributed by atoms with E-state index in [1.165, 1.54) is 12.1 Å². The summed E-state index contributed by atoms with van der Waals surface area (Å²) >= 11 is 0. The summed E-state index contributed by atoms with van der Waals surface area (Å²) in [4.78, 5) is 19.8. The minimum atomic E-state index is -4.34. The Morgan fingerprint density at radius 1 is 1.05 bits per heavy atom. The summed E-state index contributed by atoms with van der Waals surface area (Å²) < 4.78 is 44.8. The number of amides is 1. The molecule has 0 aromatic heterocycles. The van der Waals surface area contributed by atoms with Gasteiger partial charge in [-0.25, -0.2) is 0 Å². The number of hydrogen-bond donors (Lipinski definition) is 1. The molecule has 2 atom stereocenters. The predicted molar refractivity (Wildman–Crippen MR) is 145 cm³/mol. The van der Waals surface area contributed by atoms with Gasteiger partial charge in [0.05, 0.1) is 12.7 Å². The van der Waals surface area contributed by atoms with E-state index in [9.17, 15) is 18.0 Å². The number of benzene rings is 2. The Hall–Kier alpha value is -2.78. The molecule has 0 aliphatic carbocycles. The SMILES string of the molecule is COc1cccc(NC(=O)CC[C@@H]2CN(C(C)C)CC[C@@H]2N2CCN(c3cccc(C(F)(F)F)c3)CC2)c1. The molecule has 0 bridgehead atoms. The van der Waals surface area contributed by atoms with Crippen LogP contribution in [0.1, 0.15) is 38.7 Å². The summed E-state index contributed by atoms with van der Waals surface area (Å²) in [6.45, 7) is 9.36. The second-order valence-corrected chi connectivity index (χ2v) is 10.6. The smallest absolute Gasteiger partial charge is 0.416 e. The van der Waals surface area contributed by atoms with Crippen molar-refractivity contribution in [2.75, 3.05) is 56.6 Å². The molecular weight excluding hydrogens is 493 g/mol. The zero-order valence-electron chi connectivity index (χ0n) is 22.5. The standard InChI is InChI=1S/C29H39F3N4O2/c1-21(2)36-13-12-27(22(20-36)10-11-28(37)33-24-7-5-9-26(19-24)38-3)35-16-14-34(15-17-35)25-8-4-6-23(18-25)29(30,31)32/h4-9,18-19,21-22,27H,10-17,20H2,1-3H3,(H,33,37)/t22-,27+/m1/s1. The molecule has 0 spiro atoms. The van der Waals surface area contributed by atoms with Gasteiger partial charge in [-0.2, -0.15) is 13.2 Å². The Kier molecular flexibility index (Phi) is 9.20. The molecule has 2 saturated heterocycles. The molecule has 2 aromatic carbocycles. The molecule has 1 N–H and O–H groups in total. The minimum absolute atomic E-state index is 0.00645. The Morgan fingerprint density at radius 2 is 1.79 bits per heavy atom. The van der Waals surface area contributed by atoms with E-state index in [1.54, 1.807) is 13.2 Å². The van der Waals surface area contributed by atoms with E-state index in [4.69, 9.17) is 4.74 Å². The number of anilines is 2. The van der Waals surface area contributed by atoms with Crippen LogP contribution in [0, 0.1) is 5.92 Å². The third kappa shape index (κ3) is 7.20. The van der Waals surface area contributed by atoms with Crippen molar-refractivity contribution in [1.29, 1.82) is 0 Å². The number of ether oxygens (including phenoxy) is 1. The highest BCUT2D eigenvalue weighted by molar-refractivity contribution is 5.90. The summed E-state index contributed by atoms with van der Waals surface area (Å²) in [6.07, 6.45) is -2.08. The first-order valence-corrected chi connectivity index (χ1v) is 13.5. The van der Waals surface area contributed by atoms with Crippen LogP contribution in [0.25, 0.3) is 0 Å². The van der Waals surface area contributed by atoms with Crippen molar-refractivity contribution in [3.05, 3.63) is 54.1 Å². The molecule has 4 rings (SSSR count). The largest absolute Gasteiger partial charge is 0.497 e. The van der Waals surface area contributed by atoms with Gasteiger partial charge in [-0.05, 0) is 69.5 Å². The number of piperazine rings is 1. The summed E-state index contributed by atoms with van der Waals surface area (Å²) in [5.74, 6) is 1.04. The number of halogens is 3. The maximum atomic E-state index is 13.2. The van der Waals surface area contributed by atoms with Crippen LogP contribution in [0.2, 0.25) is 0 Å². The highest BCUT2D eigenvalue weighted by Gasteiger charge is 2.36. The van der Waals surface area contributed by atoms with E-state index in [2.05, 4.69) is 29.0 Å². The van der Waals surface area contributed by atoms with Crippen molar-refractivity contribution < 1.29 is 22.7 Å². The molecule has 2 aliphatic rings. The first kappa shape index (κ1) is 28.2. The summed E-state index contributed by atoms with van der Waals surface area (Å²) in [5.41, 5.74) is 0.745. The lowest BCUT2D eigenvalue weighted by molar-refractivity contribution is -0.137.